The second-order valence-corrected chi connectivity index (χ2v) is 9.13. The van der Waals surface area contributed by atoms with E-state index in [-0.39, 0.29) is 28.8 Å². The summed E-state index contributed by atoms with van der Waals surface area (Å²) in [5.41, 5.74) is 1.73. The second kappa shape index (κ2) is 10.8. The van der Waals surface area contributed by atoms with Gasteiger partial charge >= 0.3 is 0 Å². The minimum Gasteiger partial charge on any atom is -0.493 e. The van der Waals surface area contributed by atoms with Crippen molar-refractivity contribution in [2.24, 2.45) is 0 Å². The van der Waals surface area contributed by atoms with E-state index in [1.54, 1.807) is 19.1 Å². The lowest BCUT2D eigenvalue weighted by molar-refractivity contribution is 0.101. The zero-order valence-electron chi connectivity index (χ0n) is 22.6. The Bertz CT molecular complexity index is 1840. The molecule has 214 valence electrons. The number of aromatic nitrogens is 4. The summed E-state index contributed by atoms with van der Waals surface area (Å²) in [4.78, 5) is 21.5. The lowest BCUT2D eigenvalue weighted by Gasteiger charge is -2.22. The summed E-state index contributed by atoms with van der Waals surface area (Å²) < 4.78 is 58.3. The fourth-order valence-corrected chi connectivity index (χ4v) is 4.53. The van der Waals surface area contributed by atoms with Crippen molar-refractivity contribution in [2.75, 3.05) is 32.8 Å². The van der Waals surface area contributed by atoms with Crippen LogP contribution in [0.25, 0.3) is 16.6 Å². The monoisotopic (exact) mass is 575 g/mol. The van der Waals surface area contributed by atoms with Gasteiger partial charge in [-0.25, -0.2) is 23.4 Å². The first-order chi connectivity index (χ1) is 20.4. The van der Waals surface area contributed by atoms with Crippen molar-refractivity contribution in [2.45, 2.75) is 6.92 Å². The van der Waals surface area contributed by atoms with E-state index in [4.69, 9.17) is 23.7 Å². The number of rotatable bonds is 7. The Morgan fingerprint density at radius 2 is 1.74 bits per heavy atom. The molecule has 0 unspecified atom stereocenters. The topological polar surface area (TPSA) is 119 Å². The first-order valence-corrected chi connectivity index (χ1v) is 12.7. The van der Waals surface area contributed by atoms with E-state index in [1.807, 2.05) is 0 Å². The van der Waals surface area contributed by atoms with Gasteiger partial charge in [0.15, 0.2) is 34.5 Å². The van der Waals surface area contributed by atoms with Crippen molar-refractivity contribution in [1.29, 1.82) is 0 Å². The molecule has 11 nitrogen and oxygen atoms in total. The number of nitrogens with one attached hydrogen (secondary N) is 1. The number of nitrogens with zero attached hydrogens (tertiary/aromatic N) is 4. The number of amides is 1. The first kappa shape index (κ1) is 26.7. The van der Waals surface area contributed by atoms with E-state index in [0.717, 1.165) is 6.07 Å². The third-order valence-corrected chi connectivity index (χ3v) is 6.48. The molecule has 1 N–H and O–H groups in total. The summed E-state index contributed by atoms with van der Waals surface area (Å²) in [6, 6.07) is 9.75. The van der Waals surface area contributed by atoms with Gasteiger partial charge in [-0.1, -0.05) is 0 Å². The van der Waals surface area contributed by atoms with E-state index in [1.165, 1.54) is 55.7 Å². The van der Waals surface area contributed by atoms with Crippen LogP contribution in [0.5, 0.6) is 34.6 Å². The lowest BCUT2D eigenvalue weighted by atomic mass is 10.1. The molecule has 1 aliphatic rings. The standard InChI is InChI=1S/C29H23F2N5O6/c1-15-10-16(30)4-6-20(15)36-13-23(39-3)25(35-36)28(37)34-17-5-7-21(18(31)11-17)42-29-24-19(32-14-33-29)12-22(38-2)26-27(24)41-9-8-40-26/h4-7,10-14H,8-9H2,1-3H3,(H,34,37). The van der Waals surface area contributed by atoms with Gasteiger partial charge in [0, 0.05) is 17.8 Å². The number of hydrogen-bond donors (Lipinski definition) is 1. The highest BCUT2D eigenvalue weighted by Crippen LogP contribution is 2.47. The number of methoxy groups -OCH3 is 2. The number of anilines is 1. The van der Waals surface area contributed by atoms with E-state index in [2.05, 4.69) is 20.4 Å². The molecule has 0 bridgehead atoms. The Kier molecular flexibility index (Phi) is 6.90. The van der Waals surface area contributed by atoms with Crippen LogP contribution in [0.2, 0.25) is 0 Å². The number of carbonyl (C=O) groups is 1. The molecule has 0 radical (unpaired) electrons. The van der Waals surface area contributed by atoms with Crippen LogP contribution < -0.4 is 29.0 Å². The van der Waals surface area contributed by atoms with Crippen LogP contribution in [0.1, 0.15) is 16.1 Å². The summed E-state index contributed by atoms with van der Waals surface area (Å²) >= 11 is 0. The second-order valence-electron chi connectivity index (χ2n) is 9.13. The molecule has 3 heterocycles. The molecule has 2 aromatic heterocycles. The zero-order valence-corrected chi connectivity index (χ0v) is 22.6. The van der Waals surface area contributed by atoms with Gasteiger partial charge in [-0.2, -0.15) is 5.10 Å². The van der Waals surface area contributed by atoms with Gasteiger partial charge < -0.3 is 29.0 Å². The average Bonchev–Trinajstić information content (AvgIpc) is 3.42. The molecule has 13 heteroatoms. The van der Waals surface area contributed by atoms with Gasteiger partial charge in [0.25, 0.3) is 5.91 Å². The number of carbonyl (C=O) groups excluding carboxylic acids is 1. The summed E-state index contributed by atoms with van der Waals surface area (Å²) in [6.45, 7) is 2.34. The SMILES string of the molecule is COc1cn(-c2ccc(F)cc2C)nc1C(=O)Nc1ccc(Oc2ncnc3cc(OC)c4c(c23)OCCO4)c(F)c1. The Hall–Kier alpha value is -5.46. The highest BCUT2D eigenvalue weighted by atomic mass is 19.1. The van der Waals surface area contributed by atoms with E-state index in [9.17, 15) is 9.18 Å². The average molecular weight is 576 g/mol. The van der Waals surface area contributed by atoms with E-state index < -0.39 is 17.5 Å². The van der Waals surface area contributed by atoms with Crippen molar-refractivity contribution in [3.63, 3.8) is 0 Å². The molecule has 0 aliphatic carbocycles. The van der Waals surface area contributed by atoms with Gasteiger partial charge in [-0.3, -0.25) is 4.79 Å². The van der Waals surface area contributed by atoms with Crippen LogP contribution in [0.3, 0.4) is 0 Å². The normalized spacial score (nSPS) is 12.2. The lowest BCUT2D eigenvalue weighted by Crippen LogP contribution is -2.16. The van der Waals surface area contributed by atoms with E-state index in [0.29, 0.717) is 52.6 Å². The Morgan fingerprint density at radius 3 is 2.48 bits per heavy atom. The number of ether oxygens (including phenoxy) is 5. The van der Waals surface area contributed by atoms with Gasteiger partial charge in [-0.15, -0.1) is 0 Å². The van der Waals surface area contributed by atoms with Gasteiger partial charge in [0.1, 0.15) is 30.7 Å². The molecular weight excluding hydrogens is 552 g/mol. The number of aryl methyl sites for hydroxylation is 1. The fourth-order valence-electron chi connectivity index (χ4n) is 4.53. The minimum atomic E-state index is -0.765. The predicted octanol–water partition coefficient (Wildman–Crippen LogP) is 5.24. The molecule has 42 heavy (non-hydrogen) atoms. The molecule has 6 rings (SSSR count). The summed E-state index contributed by atoms with van der Waals surface area (Å²) in [6.07, 6.45) is 2.78. The van der Waals surface area contributed by atoms with Crippen molar-refractivity contribution in [3.05, 3.63) is 77.9 Å². The Labute approximate surface area is 237 Å². The van der Waals surface area contributed by atoms with Crippen LogP contribution in [-0.4, -0.2) is 53.1 Å². The van der Waals surface area contributed by atoms with Crippen LogP contribution in [0.15, 0.2) is 55.0 Å². The molecule has 0 atom stereocenters. The number of hydrogen-bond acceptors (Lipinski definition) is 9. The Morgan fingerprint density at radius 1 is 0.952 bits per heavy atom. The Balaban J connectivity index is 1.26. The molecule has 1 aliphatic heterocycles. The maximum absolute atomic E-state index is 15.2. The minimum absolute atomic E-state index is 0.0446. The van der Waals surface area contributed by atoms with Gasteiger partial charge in [-0.05, 0) is 42.8 Å². The molecule has 0 fully saturated rings. The fraction of sp³-hybridized carbons (Fsp3) is 0.172. The third-order valence-electron chi connectivity index (χ3n) is 6.48. The van der Waals surface area contributed by atoms with Crippen LogP contribution >= 0.6 is 0 Å². The zero-order chi connectivity index (χ0) is 29.4. The van der Waals surface area contributed by atoms with Crippen molar-refractivity contribution in [3.8, 4) is 40.3 Å². The van der Waals surface area contributed by atoms with Crippen LogP contribution in [0.4, 0.5) is 14.5 Å². The summed E-state index contributed by atoms with van der Waals surface area (Å²) in [5, 5.41) is 7.31. The highest BCUT2D eigenvalue weighted by molar-refractivity contribution is 6.04. The predicted molar refractivity (Wildman–Crippen MR) is 146 cm³/mol. The maximum atomic E-state index is 15.2. The summed E-state index contributed by atoms with van der Waals surface area (Å²) in [5.74, 6) is -0.578. The van der Waals surface area contributed by atoms with Crippen LogP contribution in [0, 0.1) is 18.6 Å². The number of halogens is 2. The first-order valence-electron chi connectivity index (χ1n) is 12.7. The highest BCUT2D eigenvalue weighted by Gasteiger charge is 2.26. The maximum Gasteiger partial charge on any atom is 0.280 e. The molecule has 3 aromatic carbocycles. The summed E-state index contributed by atoms with van der Waals surface area (Å²) in [7, 11) is 2.89. The van der Waals surface area contributed by atoms with Crippen LogP contribution in [-0.2, 0) is 0 Å². The molecular formula is C29H23F2N5O6. The number of fused-ring (bicyclic) bond motifs is 3. The van der Waals surface area contributed by atoms with Crippen molar-refractivity contribution >= 4 is 22.5 Å². The molecule has 0 saturated carbocycles. The smallest absolute Gasteiger partial charge is 0.280 e. The number of benzene rings is 3. The molecule has 1 amide bonds. The van der Waals surface area contributed by atoms with Gasteiger partial charge in [0.2, 0.25) is 11.6 Å². The quantitative estimate of drug-likeness (QED) is 0.278. The van der Waals surface area contributed by atoms with Crippen molar-refractivity contribution < 1.29 is 37.3 Å². The molecule has 5 aromatic rings. The molecule has 0 spiro atoms. The van der Waals surface area contributed by atoms with E-state index >= 15 is 4.39 Å². The van der Waals surface area contributed by atoms with Crippen molar-refractivity contribution in [1.82, 2.24) is 19.7 Å². The molecule has 0 saturated heterocycles. The van der Waals surface area contributed by atoms with Gasteiger partial charge in [0.05, 0.1) is 31.6 Å². The third kappa shape index (κ3) is 4.85. The largest absolute Gasteiger partial charge is 0.493 e.